The molecule has 0 aliphatic carbocycles. The quantitative estimate of drug-likeness (QED) is 0.219. The second-order valence-electron chi connectivity index (χ2n) is 4.91. The van der Waals surface area contributed by atoms with E-state index in [-0.39, 0.29) is 0 Å². The maximum atomic E-state index is 5.46. The first-order valence-corrected chi connectivity index (χ1v) is 7.06. The predicted octanol–water partition coefficient (Wildman–Crippen LogP) is 3.69. The predicted molar refractivity (Wildman–Crippen MR) is 72.3 cm³/mol. The second kappa shape index (κ2) is 11.9. The van der Waals surface area contributed by atoms with Crippen LogP contribution in [-0.2, 0) is 19.2 Å². The number of rotatable bonds is 13. The lowest BCUT2D eigenvalue weighted by Crippen LogP contribution is -2.30. The summed E-state index contributed by atoms with van der Waals surface area (Å²) in [5.41, 5.74) is 0. The van der Waals surface area contributed by atoms with Gasteiger partial charge in [-0.3, -0.25) is 0 Å². The Balaban J connectivity index is 3.30. The van der Waals surface area contributed by atoms with Gasteiger partial charge in [-0.2, -0.15) is 0 Å². The molecule has 4 heteroatoms. The summed E-state index contributed by atoms with van der Waals surface area (Å²) < 4.78 is 10.4. The summed E-state index contributed by atoms with van der Waals surface area (Å²) in [5.74, 6) is -0.708. The van der Waals surface area contributed by atoms with Crippen LogP contribution < -0.4 is 0 Å². The molecule has 0 aliphatic heterocycles. The van der Waals surface area contributed by atoms with Gasteiger partial charge >= 0.3 is 0 Å². The standard InChI is InChI=1S/C14H30O4/c1-5-6-7-8-9-10-11-17-18-14(2,3)16-13-12-15-4/h5-13H2,1-4H3. The van der Waals surface area contributed by atoms with Gasteiger partial charge in [0.25, 0.3) is 0 Å². The molecule has 0 saturated heterocycles. The summed E-state index contributed by atoms with van der Waals surface area (Å²) in [6.45, 7) is 7.59. The van der Waals surface area contributed by atoms with E-state index >= 15 is 0 Å². The largest absolute Gasteiger partial charge is 0.382 e. The van der Waals surface area contributed by atoms with Crippen molar-refractivity contribution >= 4 is 0 Å². The number of unbranched alkanes of at least 4 members (excludes halogenated alkanes) is 5. The van der Waals surface area contributed by atoms with Crippen molar-refractivity contribution in [3.8, 4) is 0 Å². The molecule has 0 rings (SSSR count). The smallest absolute Gasteiger partial charge is 0.195 e. The lowest BCUT2D eigenvalue weighted by Gasteiger charge is -2.23. The molecule has 0 aromatic rings. The minimum absolute atomic E-state index is 0.504. The van der Waals surface area contributed by atoms with E-state index in [0.29, 0.717) is 19.8 Å². The van der Waals surface area contributed by atoms with Crippen LogP contribution in [0.25, 0.3) is 0 Å². The minimum atomic E-state index is -0.708. The van der Waals surface area contributed by atoms with E-state index in [1.807, 2.05) is 13.8 Å². The van der Waals surface area contributed by atoms with Crippen molar-refractivity contribution in [2.75, 3.05) is 26.9 Å². The molecule has 110 valence electrons. The van der Waals surface area contributed by atoms with Gasteiger partial charge in [-0.15, -0.1) is 0 Å². The molecule has 0 unspecified atom stereocenters. The second-order valence-corrected chi connectivity index (χ2v) is 4.91. The molecular formula is C14H30O4. The zero-order valence-electron chi connectivity index (χ0n) is 12.5. The van der Waals surface area contributed by atoms with Gasteiger partial charge in [0.2, 0.25) is 0 Å². The molecule has 0 aromatic heterocycles. The Labute approximate surface area is 112 Å². The molecule has 0 N–H and O–H groups in total. The minimum Gasteiger partial charge on any atom is -0.382 e. The van der Waals surface area contributed by atoms with E-state index in [1.165, 1.54) is 32.1 Å². The van der Waals surface area contributed by atoms with Crippen molar-refractivity contribution in [3.05, 3.63) is 0 Å². The fraction of sp³-hybridized carbons (Fsp3) is 1.00. The summed E-state index contributed by atoms with van der Waals surface area (Å²) >= 11 is 0. The topological polar surface area (TPSA) is 36.9 Å². The van der Waals surface area contributed by atoms with Gasteiger partial charge in [0, 0.05) is 7.11 Å². The average molecular weight is 262 g/mol. The highest BCUT2D eigenvalue weighted by molar-refractivity contribution is 4.50. The lowest BCUT2D eigenvalue weighted by molar-refractivity contribution is -0.418. The Morgan fingerprint density at radius 2 is 1.50 bits per heavy atom. The van der Waals surface area contributed by atoms with Gasteiger partial charge in [-0.1, -0.05) is 39.0 Å². The van der Waals surface area contributed by atoms with Crippen LogP contribution in [0.4, 0.5) is 0 Å². The van der Waals surface area contributed by atoms with Crippen molar-refractivity contribution in [3.63, 3.8) is 0 Å². The average Bonchev–Trinajstić information content (AvgIpc) is 2.33. The molecule has 4 nitrogen and oxygen atoms in total. The van der Waals surface area contributed by atoms with Crippen LogP contribution in [0, 0.1) is 0 Å². The molecule has 0 atom stereocenters. The van der Waals surface area contributed by atoms with Gasteiger partial charge < -0.3 is 9.47 Å². The van der Waals surface area contributed by atoms with Crippen LogP contribution in [0.1, 0.15) is 59.3 Å². The van der Waals surface area contributed by atoms with Gasteiger partial charge in [0.05, 0.1) is 19.8 Å². The Morgan fingerprint density at radius 3 is 2.17 bits per heavy atom. The first-order chi connectivity index (χ1) is 8.62. The van der Waals surface area contributed by atoms with Gasteiger partial charge in [0.15, 0.2) is 5.79 Å². The Morgan fingerprint density at radius 1 is 0.833 bits per heavy atom. The van der Waals surface area contributed by atoms with Crippen molar-refractivity contribution in [1.29, 1.82) is 0 Å². The van der Waals surface area contributed by atoms with Crippen LogP contribution in [0.3, 0.4) is 0 Å². The lowest BCUT2D eigenvalue weighted by atomic mass is 10.1. The van der Waals surface area contributed by atoms with Crippen LogP contribution in [0.2, 0.25) is 0 Å². The highest BCUT2D eigenvalue weighted by Gasteiger charge is 2.20. The summed E-state index contributed by atoms with van der Waals surface area (Å²) in [5, 5.41) is 0. The molecule has 0 amide bonds. The SMILES string of the molecule is CCCCCCCCOOC(C)(C)OCCOC. The van der Waals surface area contributed by atoms with Crippen LogP contribution in [-0.4, -0.2) is 32.7 Å². The highest BCUT2D eigenvalue weighted by Crippen LogP contribution is 2.12. The Kier molecular flexibility index (Phi) is 11.8. The zero-order chi connectivity index (χ0) is 13.7. The number of ether oxygens (including phenoxy) is 2. The van der Waals surface area contributed by atoms with Crippen molar-refractivity contribution < 1.29 is 19.2 Å². The van der Waals surface area contributed by atoms with Crippen molar-refractivity contribution in [1.82, 2.24) is 0 Å². The van der Waals surface area contributed by atoms with Gasteiger partial charge in [-0.25, -0.2) is 9.78 Å². The molecule has 0 aromatic carbocycles. The third-order valence-corrected chi connectivity index (χ3v) is 2.58. The highest BCUT2D eigenvalue weighted by atomic mass is 17.2. The summed E-state index contributed by atoms with van der Waals surface area (Å²) in [4.78, 5) is 10.4. The zero-order valence-corrected chi connectivity index (χ0v) is 12.5. The monoisotopic (exact) mass is 262 g/mol. The van der Waals surface area contributed by atoms with Gasteiger partial charge in [-0.05, 0) is 20.3 Å². The fourth-order valence-electron chi connectivity index (χ4n) is 1.52. The van der Waals surface area contributed by atoms with Crippen molar-refractivity contribution in [2.24, 2.45) is 0 Å². The normalized spacial score (nSPS) is 12.0. The van der Waals surface area contributed by atoms with E-state index in [9.17, 15) is 0 Å². The molecule has 18 heavy (non-hydrogen) atoms. The van der Waals surface area contributed by atoms with Gasteiger partial charge in [0.1, 0.15) is 0 Å². The molecule has 0 bridgehead atoms. The Bertz CT molecular complexity index is 171. The molecular weight excluding hydrogens is 232 g/mol. The maximum absolute atomic E-state index is 5.46. The number of hydrogen-bond donors (Lipinski definition) is 0. The first-order valence-electron chi connectivity index (χ1n) is 7.06. The molecule has 0 aliphatic rings. The third kappa shape index (κ3) is 12.3. The molecule has 0 heterocycles. The molecule has 0 saturated carbocycles. The van der Waals surface area contributed by atoms with Crippen molar-refractivity contribution in [2.45, 2.75) is 65.1 Å². The summed E-state index contributed by atoms with van der Waals surface area (Å²) in [6.07, 6.45) is 7.46. The Hall–Kier alpha value is -0.160. The van der Waals surface area contributed by atoms with E-state index in [1.54, 1.807) is 7.11 Å². The molecule has 0 fully saturated rings. The van der Waals surface area contributed by atoms with E-state index in [0.717, 1.165) is 6.42 Å². The van der Waals surface area contributed by atoms with Crippen LogP contribution in [0.15, 0.2) is 0 Å². The van der Waals surface area contributed by atoms with E-state index < -0.39 is 5.79 Å². The first kappa shape index (κ1) is 17.8. The maximum Gasteiger partial charge on any atom is 0.195 e. The third-order valence-electron chi connectivity index (χ3n) is 2.58. The van der Waals surface area contributed by atoms with E-state index in [4.69, 9.17) is 19.2 Å². The summed E-state index contributed by atoms with van der Waals surface area (Å²) in [6, 6.07) is 0. The number of hydrogen-bond acceptors (Lipinski definition) is 4. The van der Waals surface area contributed by atoms with Crippen LogP contribution >= 0.6 is 0 Å². The summed E-state index contributed by atoms with van der Waals surface area (Å²) in [7, 11) is 1.65. The molecule has 0 radical (unpaired) electrons. The number of methoxy groups -OCH3 is 1. The fourth-order valence-corrected chi connectivity index (χ4v) is 1.52. The van der Waals surface area contributed by atoms with E-state index in [2.05, 4.69) is 6.92 Å². The van der Waals surface area contributed by atoms with Crippen LogP contribution in [0.5, 0.6) is 0 Å². The molecule has 0 spiro atoms.